The van der Waals surface area contributed by atoms with Crippen LogP contribution in [0.3, 0.4) is 0 Å². The highest BCUT2D eigenvalue weighted by Crippen LogP contribution is 2.20. The van der Waals surface area contributed by atoms with E-state index in [1.807, 2.05) is 6.07 Å². The van der Waals surface area contributed by atoms with Gasteiger partial charge < -0.3 is 0 Å². The van der Waals surface area contributed by atoms with Crippen LogP contribution >= 0.6 is 0 Å². The molecule has 0 aliphatic rings. The zero-order valence-corrected chi connectivity index (χ0v) is 15.6. The number of rotatable bonds is 4. The SMILES string of the molecule is CS(=O)(=O)c1ccc2c(ccn2NC(=O)c2cnc(-c3cccnc3)nc2)c1. The Labute approximate surface area is 160 Å². The van der Waals surface area contributed by atoms with E-state index in [2.05, 4.69) is 20.4 Å². The number of hydrogen-bond donors (Lipinski definition) is 1. The van der Waals surface area contributed by atoms with Gasteiger partial charge in [0.1, 0.15) is 0 Å². The first-order valence-electron chi connectivity index (χ1n) is 8.27. The molecule has 0 saturated heterocycles. The van der Waals surface area contributed by atoms with E-state index in [4.69, 9.17) is 0 Å². The summed E-state index contributed by atoms with van der Waals surface area (Å²) in [5.41, 5.74) is 4.46. The fourth-order valence-corrected chi connectivity index (χ4v) is 3.37. The molecule has 3 heterocycles. The minimum Gasteiger partial charge on any atom is -0.267 e. The maximum Gasteiger partial charge on any atom is 0.273 e. The maximum atomic E-state index is 12.5. The van der Waals surface area contributed by atoms with Crippen LogP contribution in [0.25, 0.3) is 22.3 Å². The van der Waals surface area contributed by atoms with Crippen molar-refractivity contribution >= 4 is 26.6 Å². The molecule has 0 atom stereocenters. The van der Waals surface area contributed by atoms with E-state index in [0.717, 1.165) is 11.8 Å². The van der Waals surface area contributed by atoms with Crippen LogP contribution in [-0.2, 0) is 9.84 Å². The van der Waals surface area contributed by atoms with Crippen LogP contribution in [0.2, 0.25) is 0 Å². The number of nitrogens with one attached hydrogen (secondary N) is 1. The molecule has 140 valence electrons. The Bertz CT molecular complexity index is 1270. The minimum atomic E-state index is -3.30. The molecule has 4 aromatic rings. The van der Waals surface area contributed by atoms with E-state index < -0.39 is 9.84 Å². The smallest absolute Gasteiger partial charge is 0.267 e. The number of amides is 1. The molecule has 0 bridgehead atoms. The van der Waals surface area contributed by atoms with E-state index in [9.17, 15) is 13.2 Å². The first-order valence-corrected chi connectivity index (χ1v) is 10.2. The van der Waals surface area contributed by atoms with Gasteiger partial charge >= 0.3 is 0 Å². The Morgan fingerprint density at radius 3 is 2.54 bits per heavy atom. The molecule has 0 saturated carbocycles. The van der Waals surface area contributed by atoms with Crippen LogP contribution in [0, 0.1) is 0 Å². The molecule has 1 aromatic carbocycles. The van der Waals surface area contributed by atoms with Crippen molar-refractivity contribution < 1.29 is 13.2 Å². The van der Waals surface area contributed by atoms with Crippen molar-refractivity contribution in [2.75, 3.05) is 11.7 Å². The highest BCUT2D eigenvalue weighted by atomic mass is 32.2. The lowest BCUT2D eigenvalue weighted by Gasteiger charge is -2.08. The number of sulfone groups is 1. The summed E-state index contributed by atoms with van der Waals surface area (Å²) in [6, 6.07) is 10.1. The molecular formula is C19H15N5O3S. The first kappa shape index (κ1) is 17.8. The molecule has 0 fully saturated rings. The third kappa shape index (κ3) is 3.47. The van der Waals surface area contributed by atoms with Gasteiger partial charge in [0.05, 0.1) is 16.0 Å². The van der Waals surface area contributed by atoms with Gasteiger partial charge in [-0.25, -0.2) is 18.4 Å². The molecule has 4 rings (SSSR count). The number of pyridine rings is 1. The average molecular weight is 393 g/mol. The number of hydrogen-bond acceptors (Lipinski definition) is 6. The van der Waals surface area contributed by atoms with Gasteiger partial charge in [0.25, 0.3) is 5.91 Å². The number of nitrogens with zero attached hydrogens (tertiary/aromatic N) is 4. The Morgan fingerprint density at radius 1 is 1.07 bits per heavy atom. The van der Waals surface area contributed by atoms with Gasteiger partial charge in [-0.3, -0.25) is 19.9 Å². The Hall–Kier alpha value is -3.59. The largest absolute Gasteiger partial charge is 0.273 e. The van der Waals surface area contributed by atoms with E-state index >= 15 is 0 Å². The van der Waals surface area contributed by atoms with Crippen LogP contribution in [-0.4, -0.2) is 40.2 Å². The van der Waals surface area contributed by atoms with Gasteiger partial charge in [0.2, 0.25) is 0 Å². The van der Waals surface area contributed by atoms with E-state index in [-0.39, 0.29) is 10.8 Å². The molecule has 0 aliphatic carbocycles. The fourth-order valence-electron chi connectivity index (χ4n) is 2.71. The van der Waals surface area contributed by atoms with E-state index in [1.54, 1.807) is 42.9 Å². The number of fused-ring (bicyclic) bond motifs is 1. The lowest BCUT2D eigenvalue weighted by Crippen LogP contribution is -2.22. The maximum absolute atomic E-state index is 12.5. The van der Waals surface area contributed by atoms with Crippen LogP contribution in [0.15, 0.2) is 72.3 Å². The van der Waals surface area contributed by atoms with Crippen molar-refractivity contribution in [1.82, 2.24) is 19.6 Å². The number of carbonyl (C=O) groups is 1. The standard InChI is InChI=1S/C19H15N5O3S/c1-28(26,27)16-4-5-17-13(9-16)6-8-24(17)23-19(25)15-11-21-18(22-12-15)14-3-2-7-20-10-14/h2-12H,1H3,(H,23,25). The molecule has 0 spiro atoms. The van der Waals surface area contributed by atoms with Gasteiger partial charge in [-0.1, -0.05) is 0 Å². The Kier molecular flexibility index (Phi) is 4.36. The monoisotopic (exact) mass is 393 g/mol. The second-order valence-corrected chi connectivity index (χ2v) is 8.17. The summed E-state index contributed by atoms with van der Waals surface area (Å²) < 4.78 is 24.9. The zero-order valence-electron chi connectivity index (χ0n) is 14.8. The summed E-state index contributed by atoms with van der Waals surface area (Å²) in [6.45, 7) is 0. The lowest BCUT2D eigenvalue weighted by molar-refractivity contribution is 0.101. The Morgan fingerprint density at radius 2 is 1.86 bits per heavy atom. The van der Waals surface area contributed by atoms with Crippen molar-refractivity contribution in [2.45, 2.75) is 4.90 Å². The highest BCUT2D eigenvalue weighted by Gasteiger charge is 2.12. The average Bonchev–Trinajstić information content (AvgIpc) is 3.10. The van der Waals surface area contributed by atoms with Gasteiger partial charge in [0, 0.05) is 48.2 Å². The number of carbonyl (C=O) groups excluding carboxylic acids is 1. The summed E-state index contributed by atoms with van der Waals surface area (Å²) in [7, 11) is -3.30. The molecule has 0 unspecified atom stereocenters. The summed E-state index contributed by atoms with van der Waals surface area (Å²) in [6.07, 6.45) is 9.00. The molecule has 0 aliphatic heterocycles. The van der Waals surface area contributed by atoms with Crippen molar-refractivity contribution in [3.63, 3.8) is 0 Å². The first-order chi connectivity index (χ1) is 13.4. The van der Waals surface area contributed by atoms with Crippen LogP contribution < -0.4 is 5.43 Å². The van der Waals surface area contributed by atoms with Crippen molar-refractivity contribution in [2.24, 2.45) is 0 Å². The number of aromatic nitrogens is 4. The minimum absolute atomic E-state index is 0.225. The zero-order chi connectivity index (χ0) is 19.7. The lowest BCUT2D eigenvalue weighted by atomic mass is 10.2. The second-order valence-electron chi connectivity index (χ2n) is 6.16. The van der Waals surface area contributed by atoms with Crippen molar-refractivity contribution in [1.29, 1.82) is 0 Å². The quantitative estimate of drug-likeness (QED) is 0.570. The predicted molar refractivity (Wildman–Crippen MR) is 104 cm³/mol. The van der Waals surface area contributed by atoms with Gasteiger partial charge in [0.15, 0.2) is 15.7 Å². The summed E-state index contributed by atoms with van der Waals surface area (Å²) in [5, 5.41) is 0.700. The van der Waals surface area contributed by atoms with Crippen molar-refractivity contribution in [3.8, 4) is 11.4 Å². The molecule has 0 radical (unpaired) electrons. The second kappa shape index (κ2) is 6.86. The van der Waals surface area contributed by atoms with Crippen LogP contribution in [0.5, 0.6) is 0 Å². The van der Waals surface area contributed by atoms with Crippen LogP contribution in [0.1, 0.15) is 10.4 Å². The summed E-state index contributed by atoms with van der Waals surface area (Å²) >= 11 is 0. The highest BCUT2D eigenvalue weighted by molar-refractivity contribution is 7.90. The third-order valence-electron chi connectivity index (χ3n) is 4.15. The summed E-state index contributed by atoms with van der Waals surface area (Å²) in [5.74, 6) is 0.0896. The molecule has 8 nitrogen and oxygen atoms in total. The predicted octanol–water partition coefficient (Wildman–Crippen LogP) is 2.28. The van der Waals surface area contributed by atoms with Crippen molar-refractivity contribution in [3.05, 3.63) is 72.9 Å². The topological polar surface area (TPSA) is 107 Å². The van der Waals surface area contributed by atoms with Gasteiger partial charge in [-0.15, -0.1) is 0 Å². The van der Waals surface area contributed by atoms with Gasteiger partial charge in [-0.2, -0.15) is 0 Å². The van der Waals surface area contributed by atoms with Crippen LogP contribution in [0.4, 0.5) is 0 Å². The molecule has 3 aromatic heterocycles. The fraction of sp³-hybridized carbons (Fsp3) is 0.0526. The third-order valence-corrected chi connectivity index (χ3v) is 5.26. The van der Waals surface area contributed by atoms with E-state index in [1.165, 1.54) is 23.1 Å². The van der Waals surface area contributed by atoms with E-state index in [0.29, 0.717) is 22.3 Å². The molecule has 1 amide bonds. The molecular weight excluding hydrogens is 378 g/mol. The molecule has 28 heavy (non-hydrogen) atoms. The summed E-state index contributed by atoms with van der Waals surface area (Å²) in [4.78, 5) is 25.2. The normalized spacial score (nSPS) is 11.5. The Balaban J connectivity index is 1.57. The molecule has 1 N–H and O–H groups in total. The molecule has 9 heteroatoms. The van der Waals surface area contributed by atoms with Gasteiger partial charge in [-0.05, 0) is 36.4 Å². The number of benzene rings is 1.